The lowest BCUT2D eigenvalue weighted by molar-refractivity contribution is -0.121. The van der Waals surface area contributed by atoms with E-state index in [0.717, 1.165) is 23.4 Å². The Morgan fingerprint density at radius 1 is 1.33 bits per heavy atom. The van der Waals surface area contributed by atoms with Crippen LogP contribution in [0.4, 0.5) is 5.69 Å². The molecule has 0 spiro atoms. The molecule has 1 amide bonds. The maximum atomic E-state index is 12.1. The standard InChI is InChI=1S/C14H20N2O4S/c1-10(14(17)15-11-4-5-11)16(21(3,18)19)12-6-8-13(20-2)9-7-12/h6-11H,4-5H2,1-3H3,(H,15,17). The Labute approximate surface area is 125 Å². The predicted octanol–water partition coefficient (Wildman–Crippen LogP) is 1.13. The van der Waals surface area contributed by atoms with Crippen molar-refractivity contribution >= 4 is 21.6 Å². The van der Waals surface area contributed by atoms with Gasteiger partial charge in [-0.2, -0.15) is 0 Å². The zero-order chi connectivity index (χ0) is 15.6. The Hall–Kier alpha value is -1.76. The molecule has 21 heavy (non-hydrogen) atoms. The number of nitrogens with one attached hydrogen (secondary N) is 1. The van der Waals surface area contributed by atoms with Crippen molar-refractivity contribution in [1.29, 1.82) is 0 Å². The number of hydrogen-bond acceptors (Lipinski definition) is 4. The molecule has 0 bridgehead atoms. The summed E-state index contributed by atoms with van der Waals surface area (Å²) in [5, 5.41) is 2.83. The first-order chi connectivity index (χ1) is 9.82. The first-order valence-corrected chi connectivity index (χ1v) is 8.61. The number of methoxy groups -OCH3 is 1. The molecule has 6 nitrogen and oxygen atoms in total. The van der Waals surface area contributed by atoms with Crippen LogP contribution in [0.25, 0.3) is 0 Å². The molecule has 116 valence electrons. The largest absolute Gasteiger partial charge is 0.497 e. The molecule has 1 N–H and O–H groups in total. The van der Waals surface area contributed by atoms with Gasteiger partial charge in [0.25, 0.3) is 0 Å². The number of rotatable bonds is 6. The monoisotopic (exact) mass is 312 g/mol. The number of benzene rings is 1. The topological polar surface area (TPSA) is 75.7 Å². The van der Waals surface area contributed by atoms with Crippen LogP contribution < -0.4 is 14.4 Å². The lowest BCUT2D eigenvalue weighted by atomic mass is 10.2. The number of sulfonamides is 1. The smallest absolute Gasteiger partial charge is 0.243 e. The Morgan fingerprint density at radius 3 is 2.33 bits per heavy atom. The summed E-state index contributed by atoms with van der Waals surface area (Å²) >= 11 is 0. The number of amides is 1. The van der Waals surface area contributed by atoms with Gasteiger partial charge in [-0.3, -0.25) is 9.10 Å². The van der Waals surface area contributed by atoms with Crippen LogP contribution in [0.5, 0.6) is 5.75 Å². The van der Waals surface area contributed by atoms with Crippen molar-refractivity contribution in [2.24, 2.45) is 0 Å². The Kier molecular flexibility index (Phi) is 4.41. The van der Waals surface area contributed by atoms with Crippen LogP contribution in [0.2, 0.25) is 0 Å². The van der Waals surface area contributed by atoms with Gasteiger partial charge in [0.05, 0.1) is 19.1 Å². The van der Waals surface area contributed by atoms with E-state index in [1.807, 2.05) is 0 Å². The maximum Gasteiger partial charge on any atom is 0.243 e. The van der Waals surface area contributed by atoms with E-state index in [-0.39, 0.29) is 11.9 Å². The van der Waals surface area contributed by atoms with Gasteiger partial charge in [-0.1, -0.05) is 0 Å². The zero-order valence-corrected chi connectivity index (χ0v) is 13.2. The fraction of sp³-hybridized carbons (Fsp3) is 0.500. The molecule has 1 aliphatic carbocycles. The number of nitrogens with zero attached hydrogens (tertiary/aromatic N) is 1. The minimum atomic E-state index is -3.57. The molecule has 0 aliphatic heterocycles. The molecule has 1 aliphatic rings. The van der Waals surface area contributed by atoms with Crippen molar-refractivity contribution in [3.63, 3.8) is 0 Å². The van der Waals surface area contributed by atoms with Crippen molar-refractivity contribution in [3.05, 3.63) is 24.3 Å². The minimum absolute atomic E-state index is 0.192. The van der Waals surface area contributed by atoms with Crippen molar-refractivity contribution in [1.82, 2.24) is 5.32 Å². The van der Waals surface area contributed by atoms with Crippen LogP contribution in [0.3, 0.4) is 0 Å². The molecule has 1 saturated carbocycles. The Balaban J connectivity index is 2.26. The van der Waals surface area contributed by atoms with Gasteiger partial charge in [0.2, 0.25) is 15.9 Å². The number of carbonyl (C=O) groups is 1. The van der Waals surface area contributed by atoms with Crippen LogP contribution in [0.15, 0.2) is 24.3 Å². The number of carbonyl (C=O) groups excluding carboxylic acids is 1. The zero-order valence-electron chi connectivity index (χ0n) is 12.4. The van der Waals surface area contributed by atoms with E-state index in [1.54, 1.807) is 31.2 Å². The van der Waals surface area contributed by atoms with Gasteiger partial charge in [0.15, 0.2) is 0 Å². The van der Waals surface area contributed by atoms with Crippen LogP contribution in [-0.4, -0.2) is 39.8 Å². The first kappa shape index (κ1) is 15.6. The summed E-state index contributed by atoms with van der Waals surface area (Å²) in [6.07, 6.45) is 3.01. The highest BCUT2D eigenvalue weighted by atomic mass is 32.2. The van der Waals surface area contributed by atoms with E-state index >= 15 is 0 Å². The minimum Gasteiger partial charge on any atom is -0.497 e. The van der Waals surface area contributed by atoms with E-state index in [1.165, 1.54) is 7.11 Å². The van der Waals surface area contributed by atoms with Gasteiger partial charge < -0.3 is 10.1 Å². The third kappa shape index (κ3) is 3.87. The van der Waals surface area contributed by atoms with Gasteiger partial charge in [-0.15, -0.1) is 0 Å². The summed E-state index contributed by atoms with van der Waals surface area (Å²) in [7, 11) is -2.03. The molecule has 1 fully saturated rings. The first-order valence-electron chi connectivity index (χ1n) is 6.77. The van der Waals surface area contributed by atoms with Gasteiger partial charge in [0.1, 0.15) is 11.8 Å². The molecule has 0 saturated heterocycles. The number of anilines is 1. The van der Waals surface area contributed by atoms with Gasteiger partial charge in [0, 0.05) is 6.04 Å². The number of ether oxygens (including phenoxy) is 1. The van der Waals surface area contributed by atoms with Crippen LogP contribution in [-0.2, 0) is 14.8 Å². The second-order valence-corrected chi connectivity index (χ2v) is 7.08. The van der Waals surface area contributed by atoms with E-state index < -0.39 is 16.1 Å². The van der Waals surface area contributed by atoms with E-state index in [9.17, 15) is 13.2 Å². The number of hydrogen-bond donors (Lipinski definition) is 1. The average molecular weight is 312 g/mol. The highest BCUT2D eigenvalue weighted by Crippen LogP contribution is 2.25. The summed E-state index contributed by atoms with van der Waals surface area (Å²) in [6.45, 7) is 1.59. The molecular weight excluding hydrogens is 292 g/mol. The molecule has 1 atom stereocenters. The Morgan fingerprint density at radius 2 is 1.90 bits per heavy atom. The van der Waals surface area contributed by atoms with Gasteiger partial charge in [-0.25, -0.2) is 8.42 Å². The SMILES string of the molecule is COc1ccc(N(C(C)C(=O)NC2CC2)S(C)(=O)=O)cc1. The van der Waals surface area contributed by atoms with E-state index in [4.69, 9.17) is 4.74 Å². The fourth-order valence-electron chi connectivity index (χ4n) is 2.09. The quantitative estimate of drug-likeness (QED) is 0.854. The maximum absolute atomic E-state index is 12.1. The molecule has 0 aromatic heterocycles. The summed E-state index contributed by atoms with van der Waals surface area (Å²) in [5.74, 6) is 0.348. The molecule has 1 unspecified atom stereocenters. The molecule has 7 heteroatoms. The van der Waals surface area contributed by atoms with Gasteiger partial charge >= 0.3 is 0 Å². The van der Waals surface area contributed by atoms with Gasteiger partial charge in [-0.05, 0) is 44.0 Å². The van der Waals surface area contributed by atoms with Crippen LogP contribution in [0.1, 0.15) is 19.8 Å². The second kappa shape index (κ2) is 5.93. The third-order valence-electron chi connectivity index (χ3n) is 3.34. The fourth-order valence-corrected chi connectivity index (χ4v) is 3.26. The summed E-state index contributed by atoms with van der Waals surface area (Å²) in [4.78, 5) is 12.1. The molecule has 0 radical (unpaired) electrons. The van der Waals surface area contributed by atoms with Crippen molar-refractivity contribution in [3.8, 4) is 5.75 Å². The normalized spacial score (nSPS) is 16.1. The predicted molar refractivity (Wildman–Crippen MR) is 80.9 cm³/mol. The van der Waals surface area contributed by atoms with Crippen molar-refractivity contribution in [2.75, 3.05) is 17.7 Å². The molecule has 1 aromatic rings. The lowest BCUT2D eigenvalue weighted by Crippen LogP contribution is -2.48. The third-order valence-corrected chi connectivity index (χ3v) is 4.58. The van der Waals surface area contributed by atoms with Crippen LogP contribution in [0, 0.1) is 0 Å². The average Bonchev–Trinajstić information content (AvgIpc) is 3.22. The van der Waals surface area contributed by atoms with Crippen molar-refractivity contribution in [2.45, 2.75) is 31.8 Å². The molecule has 2 rings (SSSR count). The highest BCUT2D eigenvalue weighted by molar-refractivity contribution is 7.92. The lowest BCUT2D eigenvalue weighted by Gasteiger charge is -2.28. The summed E-state index contributed by atoms with van der Waals surface area (Å²) in [5.41, 5.74) is 0.441. The second-order valence-electron chi connectivity index (χ2n) is 5.22. The summed E-state index contributed by atoms with van der Waals surface area (Å²) in [6, 6.07) is 5.98. The highest BCUT2D eigenvalue weighted by Gasteiger charge is 2.32. The molecule has 1 aromatic carbocycles. The summed E-state index contributed by atoms with van der Waals surface area (Å²) < 4.78 is 30.3. The van der Waals surface area contributed by atoms with E-state index in [0.29, 0.717) is 11.4 Å². The van der Waals surface area contributed by atoms with Crippen molar-refractivity contribution < 1.29 is 17.9 Å². The Bertz CT molecular complexity index is 608. The molecule has 0 heterocycles. The van der Waals surface area contributed by atoms with Crippen LogP contribution >= 0.6 is 0 Å². The van der Waals surface area contributed by atoms with E-state index in [2.05, 4.69) is 5.32 Å². The molecular formula is C14H20N2O4S.